The molecule has 0 amide bonds. The van der Waals surface area contributed by atoms with Gasteiger partial charge in [-0.3, -0.25) is 9.59 Å². The minimum Gasteiger partial charge on any atom is -0.395 e. The molecule has 0 saturated heterocycles. The van der Waals surface area contributed by atoms with Gasteiger partial charge in [0, 0.05) is 24.7 Å². The molecule has 5 atom stereocenters. The third kappa shape index (κ3) is 1.84. The molecule has 3 nitrogen and oxygen atoms in total. The lowest BCUT2D eigenvalue weighted by atomic mass is 9.47. The van der Waals surface area contributed by atoms with Gasteiger partial charge in [0.05, 0.1) is 6.61 Å². The van der Waals surface area contributed by atoms with Crippen molar-refractivity contribution in [2.75, 3.05) is 6.61 Å². The highest BCUT2D eigenvalue weighted by Gasteiger charge is 2.58. The molecule has 0 bridgehead atoms. The second-order valence-electron chi connectivity index (χ2n) is 8.48. The number of carbonyl (C=O) groups excluding carboxylic acids is 2. The van der Waals surface area contributed by atoms with Crippen molar-refractivity contribution >= 4 is 11.6 Å². The third-order valence-electron chi connectivity index (χ3n) is 7.54. The number of aliphatic hydroxyl groups excluding tert-OH is 1. The Morgan fingerprint density at radius 2 is 2.00 bits per heavy atom. The first-order valence-corrected chi connectivity index (χ1v) is 8.85. The first-order chi connectivity index (χ1) is 10.5. The lowest BCUT2D eigenvalue weighted by Crippen LogP contribution is -2.52. The van der Waals surface area contributed by atoms with E-state index >= 15 is 0 Å². The van der Waals surface area contributed by atoms with E-state index in [1.807, 2.05) is 6.08 Å². The van der Waals surface area contributed by atoms with Gasteiger partial charge in [-0.1, -0.05) is 12.5 Å². The maximum atomic E-state index is 12.1. The first kappa shape index (κ1) is 14.6. The van der Waals surface area contributed by atoms with Gasteiger partial charge in [-0.2, -0.15) is 0 Å². The highest BCUT2D eigenvalue weighted by Crippen LogP contribution is 2.64. The minimum absolute atomic E-state index is 0.163. The lowest BCUT2D eigenvalue weighted by Gasteiger charge is -2.57. The van der Waals surface area contributed by atoms with E-state index in [9.17, 15) is 14.7 Å². The molecule has 0 unspecified atom stereocenters. The third-order valence-corrected chi connectivity index (χ3v) is 7.54. The van der Waals surface area contributed by atoms with E-state index < -0.39 is 0 Å². The zero-order valence-corrected chi connectivity index (χ0v) is 13.4. The van der Waals surface area contributed by atoms with Gasteiger partial charge in [0.15, 0.2) is 5.78 Å². The summed E-state index contributed by atoms with van der Waals surface area (Å²) in [6.07, 6.45) is 8.98. The fraction of sp³-hybridized carbons (Fsp3) is 0.789. The summed E-state index contributed by atoms with van der Waals surface area (Å²) in [5.41, 5.74) is 1.24. The van der Waals surface area contributed by atoms with E-state index in [2.05, 4.69) is 6.92 Å². The highest BCUT2D eigenvalue weighted by molar-refractivity contribution is 5.91. The molecular weight excluding hydrogens is 276 g/mol. The molecule has 0 spiro atoms. The number of ketones is 2. The molecule has 0 aromatic carbocycles. The predicted molar refractivity (Wildman–Crippen MR) is 83.1 cm³/mol. The zero-order valence-electron chi connectivity index (χ0n) is 13.4. The van der Waals surface area contributed by atoms with Crippen LogP contribution in [-0.4, -0.2) is 23.3 Å². The predicted octanol–water partition coefficient (Wildman–Crippen LogP) is 3.06. The molecule has 0 radical (unpaired) electrons. The van der Waals surface area contributed by atoms with Gasteiger partial charge < -0.3 is 5.11 Å². The zero-order chi connectivity index (χ0) is 15.5. The average molecular weight is 302 g/mol. The van der Waals surface area contributed by atoms with Crippen LogP contribution in [-0.2, 0) is 9.59 Å². The second-order valence-corrected chi connectivity index (χ2v) is 8.48. The van der Waals surface area contributed by atoms with Crippen LogP contribution in [0, 0.1) is 28.6 Å². The molecule has 22 heavy (non-hydrogen) atoms. The smallest absolute Gasteiger partial charge is 0.155 e. The number of carbonyl (C=O) groups is 2. The number of hydrogen-bond acceptors (Lipinski definition) is 3. The monoisotopic (exact) mass is 302 g/mol. The van der Waals surface area contributed by atoms with Gasteiger partial charge in [-0.05, 0) is 61.3 Å². The van der Waals surface area contributed by atoms with Gasteiger partial charge in [0.2, 0.25) is 0 Å². The van der Waals surface area contributed by atoms with Crippen LogP contribution >= 0.6 is 0 Å². The molecule has 120 valence electrons. The van der Waals surface area contributed by atoms with Crippen molar-refractivity contribution in [1.82, 2.24) is 0 Å². The molecular formula is C19H26O3. The van der Waals surface area contributed by atoms with Crippen molar-refractivity contribution < 1.29 is 14.7 Å². The molecule has 0 aromatic rings. The quantitative estimate of drug-likeness (QED) is 0.810. The fourth-order valence-electron chi connectivity index (χ4n) is 6.44. The summed E-state index contributed by atoms with van der Waals surface area (Å²) in [6.45, 7) is 2.48. The molecule has 4 aliphatic rings. The van der Waals surface area contributed by atoms with E-state index in [1.54, 1.807) is 0 Å². The molecule has 1 N–H and O–H groups in total. The number of fused-ring (bicyclic) bond motifs is 5. The Kier molecular flexibility index (Phi) is 3.17. The topological polar surface area (TPSA) is 54.4 Å². The SMILES string of the molecule is C[C@]12CC[C@H]3[C@@H](CCC4=CC(=O)CC[C@@]43CO)[C@@H]1CC(=O)C2. The van der Waals surface area contributed by atoms with Crippen molar-refractivity contribution in [3.05, 3.63) is 11.6 Å². The lowest BCUT2D eigenvalue weighted by molar-refractivity contribution is -0.119. The number of rotatable bonds is 1. The summed E-state index contributed by atoms with van der Waals surface area (Å²) >= 11 is 0. The highest BCUT2D eigenvalue weighted by atomic mass is 16.3. The van der Waals surface area contributed by atoms with Gasteiger partial charge in [0.1, 0.15) is 5.78 Å². The summed E-state index contributed by atoms with van der Waals surface area (Å²) in [5, 5.41) is 10.2. The van der Waals surface area contributed by atoms with Gasteiger partial charge >= 0.3 is 0 Å². The summed E-state index contributed by atoms with van der Waals surface area (Å²) in [4.78, 5) is 23.9. The van der Waals surface area contributed by atoms with Crippen LogP contribution in [0.1, 0.15) is 58.3 Å². The summed E-state index contributed by atoms with van der Waals surface area (Å²) in [7, 11) is 0. The summed E-state index contributed by atoms with van der Waals surface area (Å²) in [5.74, 6) is 2.19. The summed E-state index contributed by atoms with van der Waals surface area (Å²) in [6, 6.07) is 0. The van der Waals surface area contributed by atoms with Crippen molar-refractivity contribution in [3.8, 4) is 0 Å². The van der Waals surface area contributed by atoms with Crippen molar-refractivity contribution in [2.45, 2.75) is 58.3 Å². The molecule has 0 heterocycles. The fourth-order valence-corrected chi connectivity index (χ4v) is 6.44. The standard InChI is InChI=1S/C19H26O3/c1-18-6-5-16-15(17(18)9-14(22)10-18)3-2-12-8-13(21)4-7-19(12,16)11-20/h8,15-17,20H,2-7,9-11H2,1H3/t15-,16+,17+,18-,19-/m1/s1. The van der Waals surface area contributed by atoms with Crippen molar-refractivity contribution in [3.63, 3.8) is 0 Å². The molecule has 0 aromatic heterocycles. The number of Topliss-reactive ketones (excluding diaryl/α,β-unsaturated/α-hetero) is 1. The van der Waals surface area contributed by atoms with E-state index in [0.717, 1.165) is 44.9 Å². The van der Waals surface area contributed by atoms with Crippen LogP contribution in [0.25, 0.3) is 0 Å². The molecule has 3 fully saturated rings. The van der Waals surface area contributed by atoms with Gasteiger partial charge in [-0.25, -0.2) is 0 Å². The minimum atomic E-state index is -0.163. The van der Waals surface area contributed by atoms with Gasteiger partial charge in [0.25, 0.3) is 0 Å². The van der Waals surface area contributed by atoms with E-state index in [1.165, 1.54) is 5.57 Å². The molecule has 3 saturated carbocycles. The van der Waals surface area contributed by atoms with Crippen LogP contribution in [0.4, 0.5) is 0 Å². The maximum Gasteiger partial charge on any atom is 0.155 e. The van der Waals surface area contributed by atoms with Crippen LogP contribution in [0.5, 0.6) is 0 Å². The summed E-state index contributed by atoms with van der Waals surface area (Å²) < 4.78 is 0. The Morgan fingerprint density at radius 1 is 1.18 bits per heavy atom. The average Bonchev–Trinajstić information content (AvgIpc) is 2.81. The Labute approximate surface area is 132 Å². The second kappa shape index (κ2) is 4.77. The van der Waals surface area contributed by atoms with Crippen molar-refractivity contribution in [1.29, 1.82) is 0 Å². The normalized spacial score (nSPS) is 47.5. The van der Waals surface area contributed by atoms with Crippen LogP contribution in [0.2, 0.25) is 0 Å². The molecule has 4 aliphatic carbocycles. The van der Waals surface area contributed by atoms with Crippen LogP contribution < -0.4 is 0 Å². The van der Waals surface area contributed by atoms with Gasteiger partial charge in [-0.15, -0.1) is 0 Å². The Bertz CT molecular complexity index is 563. The maximum absolute atomic E-state index is 12.1. The molecule has 0 aliphatic heterocycles. The van der Waals surface area contributed by atoms with E-state index in [4.69, 9.17) is 0 Å². The number of hydrogen-bond donors (Lipinski definition) is 1. The van der Waals surface area contributed by atoms with E-state index in [0.29, 0.717) is 30.0 Å². The first-order valence-electron chi connectivity index (χ1n) is 8.85. The van der Waals surface area contributed by atoms with Crippen LogP contribution in [0.3, 0.4) is 0 Å². The Balaban J connectivity index is 1.72. The van der Waals surface area contributed by atoms with Crippen LogP contribution in [0.15, 0.2) is 11.6 Å². The largest absolute Gasteiger partial charge is 0.395 e. The molecule has 4 rings (SSSR count). The van der Waals surface area contributed by atoms with Crippen molar-refractivity contribution in [2.24, 2.45) is 28.6 Å². The Hall–Kier alpha value is -0.960. The Morgan fingerprint density at radius 3 is 2.77 bits per heavy atom. The molecule has 3 heteroatoms. The van der Waals surface area contributed by atoms with E-state index in [-0.39, 0.29) is 23.2 Å². The number of aliphatic hydroxyl groups is 1.